The summed E-state index contributed by atoms with van der Waals surface area (Å²) in [6.07, 6.45) is 3.69. The van der Waals surface area contributed by atoms with Gasteiger partial charge in [-0.1, -0.05) is 24.9 Å². The van der Waals surface area contributed by atoms with Gasteiger partial charge >= 0.3 is 0 Å². The fourth-order valence-electron chi connectivity index (χ4n) is 4.27. The number of nitrogens with two attached hydrogens (primary N) is 1. The van der Waals surface area contributed by atoms with Gasteiger partial charge in [0.15, 0.2) is 0 Å². The Kier molecular flexibility index (Phi) is 4.07. The maximum absolute atomic E-state index is 15.3. The van der Waals surface area contributed by atoms with E-state index in [1.807, 2.05) is 0 Å². The van der Waals surface area contributed by atoms with Gasteiger partial charge in [0.25, 0.3) is 5.91 Å². The van der Waals surface area contributed by atoms with Crippen LogP contribution in [0.1, 0.15) is 35.7 Å². The molecular formula is C20H22ClFN4O. The molecule has 1 aliphatic carbocycles. The summed E-state index contributed by atoms with van der Waals surface area (Å²) in [5, 5.41) is 3.84. The Morgan fingerprint density at radius 2 is 2.19 bits per heavy atom. The van der Waals surface area contributed by atoms with Crippen molar-refractivity contribution in [3.8, 4) is 11.1 Å². The van der Waals surface area contributed by atoms with Crippen LogP contribution in [0, 0.1) is 11.7 Å². The normalized spacial score (nSPS) is 22.5. The van der Waals surface area contributed by atoms with E-state index in [1.54, 1.807) is 32.4 Å². The van der Waals surface area contributed by atoms with Gasteiger partial charge in [0.1, 0.15) is 11.6 Å². The first kappa shape index (κ1) is 18.0. The summed E-state index contributed by atoms with van der Waals surface area (Å²) < 4.78 is 15.3. The van der Waals surface area contributed by atoms with Gasteiger partial charge in [-0.25, -0.2) is 9.37 Å². The third-order valence-corrected chi connectivity index (χ3v) is 6.29. The average molecular weight is 389 g/mol. The van der Waals surface area contributed by atoms with Gasteiger partial charge in [-0.15, -0.1) is 0 Å². The zero-order valence-electron chi connectivity index (χ0n) is 15.6. The lowest BCUT2D eigenvalue weighted by Crippen LogP contribution is -2.24. The van der Waals surface area contributed by atoms with Crippen molar-refractivity contribution in [2.24, 2.45) is 5.92 Å². The predicted molar refractivity (Wildman–Crippen MR) is 106 cm³/mol. The molecule has 2 atom stereocenters. The van der Waals surface area contributed by atoms with Crippen molar-refractivity contribution >= 4 is 29.0 Å². The van der Waals surface area contributed by atoms with Gasteiger partial charge in [0.05, 0.1) is 10.6 Å². The number of fused-ring (bicyclic) bond motifs is 2. The summed E-state index contributed by atoms with van der Waals surface area (Å²) in [7, 11) is 3.12. The molecule has 142 valence electrons. The SMILES string of the molecule is CC[C@H]1C[C@@]12CNc1ncc(-c3ccc(N)c(C(=O)N(C)C)c3F)c(Cl)c12. The maximum Gasteiger partial charge on any atom is 0.258 e. The first-order valence-electron chi connectivity index (χ1n) is 9.04. The molecule has 0 bridgehead atoms. The third-order valence-electron chi connectivity index (χ3n) is 5.89. The van der Waals surface area contributed by atoms with Crippen LogP contribution in [0.25, 0.3) is 11.1 Å². The lowest BCUT2D eigenvalue weighted by atomic mass is 9.92. The standard InChI is InChI=1S/C20H22ClFN4O/c1-4-10-7-20(10)9-25-18-15(20)16(21)12(8-24-18)11-5-6-13(23)14(17(11)22)19(27)26(2)3/h5-6,8,10H,4,7,9,23H2,1-3H3,(H,24,25)/t10-,20+/m0/s1. The first-order valence-corrected chi connectivity index (χ1v) is 9.42. The Labute approximate surface area is 162 Å². The smallest absolute Gasteiger partial charge is 0.258 e. The molecule has 4 rings (SSSR count). The van der Waals surface area contributed by atoms with E-state index >= 15 is 4.39 Å². The molecule has 7 heteroatoms. The number of benzene rings is 1. The Balaban J connectivity index is 1.87. The van der Waals surface area contributed by atoms with Crippen LogP contribution < -0.4 is 11.1 Å². The number of hydrogen-bond donors (Lipinski definition) is 2. The first-order chi connectivity index (χ1) is 12.8. The summed E-state index contributed by atoms with van der Waals surface area (Å²) >= 11 is 6.77. The van der Waals surface area contributed by atoms with Crippen LogP contribution in [0.4, 0.5) is 15.9 Å². The molecule has 5 nitrogen and oxygen atoms in total. The number of nitrogens with zero attached hydrogens (tertiary/aromatic N) is 2. The summed E-state index contributed by atoms with van der Waals surface area (Å²) in [5.41, 5.74) is 7.55. The second kappa shape index (κ2) is 6.09. The largest absolute Gasteiger partial charge is 0.398 e. The molecule has 0 unspecified atom stereocenters. The summed E-state index contributed by atoms with van der Waals surface area (Å²) in [4.78, 5) is 18.2. The fraction of sp³-hybridized carbons (Fsp3) is 0.400. The molecule has 0 saturated heterocycles. The predicted octanol–water partition coefficient (Wildman–Crippen LogP) is 3.92. The molecule has 0 radical (unpaired) electrons. The van der Waals surface area contributed by atoms with E-state index in [4.69, 9.17) is 17.3 Å². The molecule has 1 aromatic carbocycles. The minimum atomic E-state index is -0.666. The lowest BCUT2D eigenvalue weighted by Gasteiger charge is -2.17. The summed E-state index contributed by atoms with van der Waals surface area (Å²) in [6.45, 7) is 2.98. The number of pyridine rings is 1. The van der Waals surface area contributed by atoms with Gasteiger partial charge in [0.2, 0.25) is 0 Å². The van der Waals surface area contributed by atoms with Crippen LogP contribution in [-0.2, 0) is 5.41 Å². The number of amides is 1. The fourth-order valence-corrected chi connectivity index (χ4v) is 4.70. The van der Waals surface area contributed by atoms with Gasteiger partial charge in [-0.3, -0.25) is 4.79 Å². The van der Waals surface area contributed by atoms with Crippen molar-refractivity contribution in [3.63, 3.8) is 0 Å². The van der Waals surface area contributed by atoms with E-state index in [1.165, 1.54) is 4.90 Å². The number of nitrogens with one attached hydrogen (secondary N) is 1. The molecule has 2 heterocycles. The van der Waals surface area contributed by atoms with Crippen molar-refractivity contribution < 1.29 is 9.18 Å². The highest BCUT2D eigenvalue weighted by atomic mass is 35.5. The average Bonchev–Trinajstić information content (AvgIpc) is 3.21. The van der Waals surface area contributed by atoms with Crippen LogP contribution >= 0.6 is 11.6 Å². The number of halogens is 2. The minimum Gasteiger partial charge on any atom is -0.398 e. The number of rotatable bonds is 3. The molecule has 1 spiro atoms. The van der Waals surface area contributed by atoms with E-state index < -0.39 is 11.7 Å². The van der Waals surface area contributed by atoms with Crippen LogP contribution in [0.3, 0.4) is 0 Å². The highest BCUT2D eigenvalue weighted by Crippen LogP contribution is 2.62. The van der Waals surface area contributed by atoms with Crippen molar-refractivity contribution in [3.05, 3.63) is 40.3 Å². The zero-order valence-corrected chi connectivity index (χ0v) is 16.3. The second-order valence-corrected chi connectivity index (χ2v) is 8.00. The minimum absolute atomic E-state index is 0.00323. The zero-order chi connectivity index (χ0) is 19.5. The number of hydrogen-bond acceptors (Lipinski definition) is 4. The molecule has 1 saturated carbocycles. The maximum atomic E-state index is 15.3. The molecule has 1 aromatic heterocycles. The van der Waals surface area contributed by atoms with Gasteiger partial charge < -0.3 is 16.0 Å². The molecular weight excluding hydrogens is 367 g/mol. The van der Waals surface area contributed by atoms with Crippen LogP contribution in [0.15, 0.2) is 18.3 Å². The second-order valence-electron chi connectivity index (χ2n) is 7.62. The number of carbonyl (C=O) groups excluding carboxylic acids is 1. The van der Waals surface area contributed by atoms with Crippen LogP contribution in [0.5, 0.6) is 0 Å². The lowest BCUT2D eigenvalue weighted by molar-refractivity contribution is 0.0824. The van der Waals surface area contributed by atoms with Crippen LogP contribution in [0.2, 0.25) is 5.02 Å². The molecule has 1 amide bonds. The third kappa shape index (κ3) is 2.50. The Morgan fingerprint density at radius 3 is 2.81 bits per heavy atom. The Morgan fingerprint density at radius 1 is 1.44 bits per heavy atom. The molecule has 3 N–H and O–H groups in total. The quantitative estimate of drug-likeness (QED) is 0.782. The van der Waals surface area contributed by atoms with Crippen molar-refractivity contribution in [2.75, 3.05) is 31.7 Å². The van der Waals surface area contributed by atoms with E-state index in [2.05, 4.69) is 17.2 Å². The number of carbonyl (C=O) groups is 1. The molecule has 2 aromatic rings. The Bertz CT molecular complexity index is 961. The summed E-state index contributed by atoms with van der Waals surface area (Å²) in [6, 6.07) is 3.10. The van der Waals surface area contributed by atoms with E-state index in [0.29, 0.717) is 16.5 Å². The molecule has 2 aliphatic rings. The highest BCUT2D eigenvalue weighted by Gasteiger charge is 2.59. The molecule has 27 heavy (non-hydrogen) atoms. The van der Waals surface area contributed by atoms with Crippen molar-refractivity contribution in [2.45, 2.75) is 25.2 Å². The van der Waals surface area contributed by atoms with E-state index in [0.717, 1.165) is 30.8 Å². The number of nitrogen functional groups attached to an aromatic ring is 1. The van der Waals surface area contributed by atoms with Gasteiger partial charge in [-0.2, -0.15) is 0 Å². The van der Waals surface area contributed by atoms with Crippen molar-refractivity contribution in [1.29, 1.82) is 0 Å². The van der Waals surface area contributed by atoms with E-state index in [9.17, 15) is 4.79 Å². The highest BCUT2D eigenvalue weighted by molar-refractivity contribution is 6.34. The molecule has 1 fully saturated rings. The number of aromatic nitrogens is 1. The van der Waals surface area contributed by atoms with Gasteiger partial charge in [-0.05, 0) is 24.5 Å². The van der Waals surface area contributed by atoms with E-state index in [-0.39, 0.29) is 22.2 Å². The van der Waals surface area contributed by atoms with Crippen molar-refractivity contribution in [1.82, 2.24) is 9.88 Å². The number of anilines is 2. The molecule has 1 aliphatic heterocycles. The Hall–Kier alpha value is -2.34. The monoisotopic (exact) mass is 388 g/mol. The van der Waals surface area contributed by atoms with Crippen LogP contribution in [-0.4, -0.2) is 36.4 Å². The van der Waals surface area contributed by atoms with Gasteiger partial charge in [0, 0.05) is 54.6 Å². The summed E-state index contributed by atoms with van der Waals surface area (Å²) in [5.74, 6) is 0.187. The topological polar surface area (TPSA) is 71.2 Å².